The number of nitrogens with one attached hydrogen (secondary N) is 2. The number of fused-ring (bicyclic) bond motifs is 3. The lowest BCUT2D eigenvalue weighted by atomic mass is 10.3. The predicted molar refractivity (Wildman–Crippen MR) is 92.8 cm³/mol. The molecular formula is C13H18N6O3S2. The van der Waals surface area contributed by atoms with Crippen LogP contribution in [0.15, 0.2) is 15.3 Å². The summed E-state index contributed by atoms with van der Waals surface area (Å²) in [7, 11) is 0.0356. The van der Waals surface area contributed by atoms with Crippen molar-refractivity contribution in [2.45, 2.75) is 23.8 Å². The summed E-state index contributed by atoms with van der Waals surface area (Å²) in [6, 6.07) is 0. The van der Waals surface area contributed by atoms with Crippen molar-refractivity contribution in [3.8, 4) is 0 Å². The minimum Gasteiger partial charge on any atom is -0.323 e. The second-order valence-electron chi connectivity index (χ2n) is 5.44. The van der Waals surface area contributed by atoms with Gasteiger partial charge in [-0.3, -0.25) is 10.2 Å². The molecule has 0 aliphatic heterocycles. The lowest BCUT2D eigenvalue weighted by Gasteiger charge is -2.17. The van der Waals surface area contributed by atoms with E-state index in [9.17, 15) is 13.2 Å². The van der Waals surface area contributed by atoms with Crippen LogP contribution in [0.2, 0.25) is 0 Å². The minimum atomic E-state index is -3.39. The number of aromatic nitrogens is 4. The molecule has 0 fully saturated rings. The third-order valence-electron chi connectivity index (χ3n) is 3.77. The predicted octanol–water partition coefficient (Wildman–Crippen LogP) is 0.381. The minimum absolute atomic E-state index is 0.0393. The summed E-state index contributed by atoms with van der Waals surface area (Å²) in [4.78, 5) is 17.0. The Hall–Kier alpha value is -1.82. The molecule has 0 spiro atoms. The Morgan fingerprint density at radius 2 is 2.12 bits per heavy atom. The second kappa shape index (κ2) is 5.92. The first-order valence-corrected chi connectivity index (χ1v) is 9.99. The van der Waals surface area contributed by atoms with E-state index in [2.05, 4.69) is 20.9 Å². The third-order valence-corrected chi connectivity index (χ3v) is 6.53. The van der Waals surface area contributed by atoms with Gasteiger partial charge in [-0.1, -0.05) is 6.92 Å². The smallest absolute Gasteiger partial charge is 0.292 e. The zero-order valence-corrected chi connectivity index (χ0v) is 15.3. The summed E-state index contributed by atoms with van der Waals surface area (Å²) >= 11 is 1.06. The van der Waals surface area contributed by atoms with Gasteiger partial charge in [0.15, 0.2) is 5.65 Å². The normalized spacial score (nSPS) is 13.8. The first-order chi connectivity index (χ1) is 11.3. The van der Waals surface area contributed by atoms with Gasteiger partial charge < -0.3 is 4.57 Å². The van der Waals surface area contributed by atoms with Gasteiger partial charge in [0.2, 0.25) is 14.2 Å². The van der Waals surface area contributed by atoms with Crippen molar-refractivity contribution in [2.75, 3.05) is 13.3 Å². The Balaban J connectivity index is 2.30. The van der Waals surface area contributed by atoms with Crippen LogP contribution < -0.4 is 16.4 Å². The zero-order valence-electron chi connectivity index (χ0n) is 13.7. The van der Waals surface area contributed by atoms with Crippen LogP contribution in [0.25, 0.3) is 21.3 Å². The standard InChI is InChI=1S/C13H18N6O3S2/c1-5-8(17-14-2)19-12(20)9-7(6-15-19)10-11(18(9)3)16-13(23-10)24(4,21)22/h6,8,14,17H,5H2,1-4H3/t8-/m1/s1. The first-order valence-electron chi connectivity index (χ1n) is 7.28. The molecule has 3 aromatic heterocycles. The van der Waals surface area contributed by atoms with Gasteiger partial charge in [0.1, 0.15) is 11.7 Å². The topological polar surface area (TPSA) is 111 Å². The molecule has 130 valence electrons. The number of thiazole rings is 1. The van der Waals surface area contributed by atoms with Gasteiger partial charge in [0.25, 0.3) is 5.56 Å². The van der Waals surface area contributed by atoms with Crippen molar-refractivity contribution >= 4 is 42.4 Å². The van der Waals surface area contributed by atoms with E-state index >= 15 is 0 Å². The van der Waals surface area contributed by atoms with E-state index in [0.717, 1.165) is 17.6 Å². The molecule has 0 unspecified atom stereocenters. The van der Waals surface area contributed by atoms with Crippen LogP contribution in [0.1, 0.15) is 19.5 Å². The largest absolute Gasteiger partial charge is 0.323 e. The van der Waals surface area contributed by atoms with Gasteiger partial charge in [-0.15, -0.1) is 11.3 Å². The number of sulfone groups is 1. The summed E-state index contributed by atoms with van der Waals surface area (Å²) < 4.78 is 27.1. The van der Waals surface area contributed by atoms with Crippen LogP contribution >= 0.6 is 11.3 Å². The fourth-order valence-electron chi connectivity index (χ4n) is 2.63. The van der Waals surface area contributed by atoms with Gasteiger partial charge in [0.05, 0.1) is 10.9 Å². The molecule has 9 nitrogen and oxygen atoms in total. The molecule has 1 atom stereocenters. The van der Waals surface area contributed by atoms with Crippen molar-refractivity contribution in [2.24, 2.45) is 7.05 Å². The molecule has 0 amide bonds. The number of hydrogen-bond acceptors (Lipinski definition) is 8. The molecule has 0 bridgehead atoms. The van der Waals surface area contributed by atoms with Crippen molar-refractivity contribution in [3.05, 3.63) is 16.6 Å². The van der Waals surface area contributed by atoms with E-state index in [4.69, 9.17) is 0 Å². The van der Waals surface area contributed by atoms with E-state index < -0.39 is 9.84 Å². The Labute approximate surface area is 142 Å². The maximum Gasteiger partial charge on any atom is 0.292 e. The summed E-state index contributed by atoms with van der Waals surface area (Å²) in [5.74, 6) is 0. The van der Waals surface area contributed by atoms with Gasteiger partial charge >= 0.3 is 0 Å². The van der Waals surface area contributed by atoms with Crippen LogP contribution in [0, 0.1) is 0 Å². The van der Waals surface area contributed by atoms with E-state index in [1.807, 2.05) is 6.92 Å². The maximum atomic E-state index is 12.8. The van der Waals surface area contributed by atoms with Gasteiger partial charge in [-0.25, -0.2) is 23.5 Å². The van der Waals surface area contributed by atoms with Crippen LogP contribution in [0.5, 0.6) is 0 Å². The van der Waals surface area contributed by atoms with Crippen molar-refractivity contribution in [1.29, 1.82) is 0 Å². The fourth-order valence-corrected chi connectivity index (χ4v) is 4.58. The summed E-state index contributed by atoms with van der Waals surface area (Å²) in [5, 5.41) is 4.86. The molecule has 0 aliphatic rings. The summed E-state index contributed by atoms with van der Waals surface area (Å²) in [5.41, 5.74) is 6.47. The molecule has 2 N–H and O–H groups in total. The quantitative estimate of drug-likeness (QED) is 0.625. The first kappa shape index (κ1) is 17.0. The highest BCUT2D eigenvalue weighted by Gasteiger charge is 2.22. The Bertz CT molecular complexity index is 1080. The van der Waals surface area contributed by atoms with Crippen LogP contribution in [-0.4, -0.2) is 41.1 Å². The molecule has 0 saturated heterocycles. The van der Waals surface area contributed by atoms with Gasteiger partial charge in [-0.2, -0.15) is 5.10 Å². The van der Waals surface area contributed by atoms with Crippen molar-refractivity contribution < 1.29 is 8.42 Å². The molecule has 11 heteroatoms. The lowest BCUT2D eigenvalue weighted by Crippen LogP contribution is -2.41. The van der Waals surface area contributed by atoms with Crippen molar-refractivity contribution in [3.63, 3.8) is 0 Å². The molecule has 0 radical (unpaired) electrons. The highest BCUT2D eigenvalue weighted by Crippen LogP contribution is 2.32. The fraction of sp³-hybridized carbons (Fsp3) is 0.462. The maximum absolute atomic E-state index is 12.8. The van der Waals surface area contributed by atoms with Crippen molar-refractivity contribution in [1.82, 2.24) is 30.2 Å². The number of aryl methyl sites for hydroxylation is 1. The van der Waals surface area contributed by atoms with Crippen LogP contribution in [0.3, 0.4) is 0 Å². The average molecular weight is 370 g/mol. The number of nitrogens with zero attached hydrogens (tertiary/aromatic N) is 4. The highest BCUT2D eigenvalue weighted by molar-refractivity contribution is 7.92. The zero-order chi connectivity index (χ0) is 17.6. The van der Waals surface area contributed by atoms with Gasteiger partial charge in [0, 0.05) is 18.7 Å². The van der Waals surface area contributed by atoms with E-state index in [1.54, 1.807) is 24.9 Å². The molecule has 0 saturated carbocycles. The molecule has 0 aliphatic carbocycles. The monoisotopic (exact) mass is 370 g/mol. The number of hydrazine groups is 1. The van der Waals surface area contributed by atoms with E-state index in [-0.39, 0.29) is 16.1 Å². The molecular weight excluding hydrogens is 352 g/mol. The Kier molecular flexibility index (Phi) is 4.20. The summed E-state index contributed by atoms with van der Waals surface area (Å²) in [6.45, 7) is 1.94. The number of rotatable bonds is 5. The highest BCUT2D eigenvalue weighted by atomic mass is 32.2. The van der Waals surface area contributed by atoms with Crippen LogP contribution in [0.4, 0.5) is 0 Å². The van der Waals surface area contributed by atoms with Crippen LogP contribution in [-0.2, 0) is 16.9 Å². The molecule has 3 rings (SSSR count). The summed E-state index contributed by atoms with van der Waals surface area (Å²) in [6.07, 6.45) is 3.07. The van der Waals surface area contributed by atoms with E-state index in [1.165, 1.54) is 4.68 Å². The Morgan fingerprint density at radius 3 is 2.71 bits per heavy atom. The van der Waals surface area contributed by atoms with Gasteiger partial charge in [-0.05, 0) is 13.5 Å². The van der Waals surface area contributed by atoms with E-state index in [0.29, 0.717) is 27.7 Å². The third kappa shape index (κ3) is 2.53. The molecule has 3 heterocycles. The molecule has 24 heavy (non-hydrogen) atoms. The SMILES string of the molecule is CC[C@H](NNC)n1ncc2c3sc(S(C)(=O)=O)nc3n(C)c2c1=O. The Morgan fingerprint density at radius 1 is 1.42 bits per heavy atom. The second-order valence-corrected chi connectivity index (χ2v) is 8.63. The lowest BCUT2D eigenvalue weighted by molar-refractivity contribution is 0.317. The molecule has 3 aromatic rings. The number of hydrogen-bond donors (Lipinski definition) is 2. The molecule has 0 aromatic carbocycles. The average Bonchev–Trinajstić information content (AvgIpc) is 3.06.